The molecule has 8 heteroatoms. The van der Waals surface area contributed by atoms with E-state index in [0.29, 0.717) is 17.2 Å². The SMILES string of the molecule is CN1CCN(c2cnc(-c3oc4cnccc4c3Nc3cnc4ccccc4c3)nc2)CC1. The van der Waals surface area contributed by atoms with Crippen molar-refractivity contribution in [3.63, 3.8) is 0 Å². The van der Waals surface area contributed by atoms with Crippen LogP contribution in [-0.2, 0) is 0 Å². The zero-order valence-electron chi connectivity index (χ0n) is 18.3. The Kier molecular flexibility index (Phi) is 4.84. The van der Waals surface area contributed by atoms with Crippen molar-refractivity contribution in [2.45, 2.75) is 0 Å². The van der Waals surface area contributed by atoms with Gasteiger partial charge in [-0.15, -0.1) is 0 Å². The molecule has 4 aromatic heterocycles. The van der Waals surface area contributed by atoms with Crippen LogP contribution >= 0.6 is 0 Å². The van der Waals surface area contributed by atoms with E-state index in [1.165, 1.54) is 0 Å². The number of nitrogens with one attached hydrogen (secondary N) is 1. The van der Waals surface area contributed by atoms with Gasteiger partial charge < -0.3 is 19.5 Å². The molecule has 1 aliphatic rings. The number of para-hydroxylation sites is 1. The Labute approximate surface area is 190 Å². The van der Waals surface area contributed by atoms with Crippen LogP contribution in [0.25, 0.3) is 33.5 Å². The average Bonchev–Trinajstić information content (AvgIpc) is 3.23. The molecule has 0 atom stereocenters. The lowest BCUT2D eigenvalue weighted by atomic mass is 10.2. The first-order valence-electron chi connectivity index (χ1n) is 11.0. The molecule has 5 aromatic rings. The van der Waals surface area contributed by atoms with Gasteiger partial charge in [0.15, 0.2) is 17.2 Å². The molecule has 6 rings (SSSR count). The molecule has 0 spiro atoms. The molecule has 0 unspecified atom stereocenters. The van der Waals surface area contributed by atoms with Crippen LogP contribution in [0.3, 0.4) is 0 Å². The molecule has 1 aliphatic heterocycles. The molecule has 0 amide bonds. The van der Waals surface area contributed by atoms with Crippen molar-refractivity contribution in [1.29, 1.82) is 0 Å². The maximum atomic E-state index is 6.15. The molecule has 33 heavy (non-hydrogen) atoms. The van der Waals surface area contributed by atoms with E-state index in [1.54, 1.807) is 12.4 Å². The number of aromatic nitrogens is 4. The van der Waals surface area contributed by atoms with Crippen LogP contribution in [0.1, 0.15) is 0 Å². The first kappa shape index (κ1) is 19.6. The van der Waals surface area contributed by atoms with Crippen molar-refractivity contribution >= 4 is 38.9 Å². The number of benzene rings is 1. The fourth-order valence-corrected chi connectivity index (χ4v) is 4.18. The molecule has 1 fully saturated rings. The van der Waals surface area contributed by atoms with E-state index < -0.39 is 0 Å². The van der Waals surface area contributed by atoms with Crippen LogP contribution in [-0.4, -0.2) is 58.1 Å². The zero-order chi connectivity index (χ0) is 22.2. The Morgan fingerprint density at radius 3 is 2.58 bits per heavy atom. The maximum Gasteiger partial charge on any atom is 0.198 e. The van der Waals surface area contributed by atoms with Crippen molar-refractivity contribution in [3.05, 3.63) is 67.4 Å². The summed E-state index contributed by atoms with van der Waals surface area (Å²) >= 11 is 0. The maximum absolute atomic E-state index is 6.15. The molecule has 0 saturated carbocycles. The van der Waals surface area contributed by atoms with Gasteiger partial charge in [0.2, 0.25) is 0 Å². The summed E-state index contributed by atoms with van der Waals surface area (Å²) in [7, 11) is 2.15. The summed E-state index contributed by atoms with van der Waals surface area (Å²) < 4.78 is 6.15. The van der Waals surface area contributed by atoms with E-state index in [-0.39, 0.29) is 0 Å². The molecular weight excluding hydrogens is 414 g/mol. The standard InChI is InChI=1S/C25H23N7O/c1-31-8-10-32(11-9-31)19-14-28-25(29-15-19)24-23(20-6-7-26-16-22(20)33-24)30-18-12-17-4-2-3-5-21(17)27-13-18/h2-7,12-16,30H,8-11H2,1H3. The van der Waals surface area contributed by atoms with Crippen LogP contribution in [0, 0.1) is 0 Å². The van der Waals surface area contributed by atoms with Gasteiger partial charge >= 0.3 is 0 Å². The summed E-state index contributed by atoms with van der Waals surface area (Å²) in [6.07, 6.45) is 9.04. The zero-order valence-corrected chi connectivity index (χ0v) is 18.3. The topological polar surface area (TPSA) is 83.2 Å². The lowest BCUT2D eigenvalue weighted by molar-refractivity contribution is 0.312. The third-order valence-corrected chi connectivity index (χ3v) is 6.06. The third kappa shape index (κ3) is 3.74. The van der Waals surface area contributed by atoms with E-state index in [4.69, 9.17) is 4.42 Å². The van der Waals surface area contributed by atoms with Crippen molar-refractivity contribution in [2.24, 2.45) is 0 Å². The fourth-order valence-electron chi connectivity index (χ4n) is 4.18. The van der Waals surface area contributed by atoms with Gasteiger partial charge in [0.1, 0.15) is 0 Å². The number of rotatable bonds is 4. The van der Waals surface area contributed by atoms with Gasteiger partial charge in [-0.05, 0) is 25.2 Å². The largest absolute Gasteiger partial charge is 0.449 e. The van der Waals surface area contributed by atoms with Gasteiger partial charge in [-0.25, -0.2) is 9.97 Å². The van der Waals surface area contributed by atoms with Gasteiger partial charge in [0.25, 0.3) is 0 Å². The average molecular weight is 438 g/mol. The Morgan fingerprint density at radius 2 is 1.73 bits per heavy atom. The number of likely N-dealkylation sites (N-methyl/N-ethyl adjacent to an activating group) is 1. The number of hydrogen-bond acceptors (Lipinski definition) is 8. The second kappa shape index (κ2) is 8.14. The first-order valence-corrected chi connectivity index (χ1v) is 11.0. The minimum absolute atomic E-state index is 0.528. The summed E-state index contributed by atoms with van der Waals surface area (Å²) in [4.78, 5) is 22.7. The van der Waals surface area contributed by atoms with Crippen molar-refractivity contribution in [2.75, 3.05) is 43.4 Å². The second-order valence-corrected chi connectivity index (χ2v) is 8.27. The molecule has 8 nitrogen and oxygen atoms in total. The van der Waals surface area contributed by atoms with E-state index >= 15 is 0 Å². The van der Waals surface area contributed by atoms with Gasteiger partial charge in [-0.2, -0.15) is 0 Å². The van der Waals surface area contributed by atoms with Crippen molar-refractivity contribution < 1.29 is 4.42 Å². The Hall–Kier alpha value is -4.04. The molecular formula is C25H23N7O. The smallest absolute Gasteiger partial charge is 0.198 e. The van der Waals surface area contributed by atoms with Crippen LogP contribution in [0.2, 0.25) is 0 Å². The van der Waals surface area contributed by atoms with E-state index in [9.17, 15) is 0 Å². The summed E-state index contributed by atoms with van der Waals surface area (Å²) in [5, 5.41) is 5.47. The predicted molar refractivity (Wildman–Crippen MR) is 130 cm³/mol. The normalized spacial score (nSPS) is 14.8. The molecule has 1 N–H and O–H groups in total. The van der Waals surface area contributed by atoms with E-state index in [2.05, 4.69) is 48.2 Å². The molecule has 164 valence electrons. The highest BCUT2D eigenvalue weighted by Crippen LogP contribution is 2.38. The highest BCUT2D eigenvalue weighted by molar-refractivity contribution is 5.99. The van der Waals surface area contributed by atoms with Crippen LogP contribution < -0.4 is 10.2 Å². The van der Waals surface area contributed by atoms with E-state index in [1.807, 2.05) is 48.9 Å². The van der Waals surface area contributed by atoms with Gasteiger partial charge in [-0.1, -0.05) is 18.2 Å². The van der Waals surface area contributed by atoms with Crippen molar-refractivity contribution in [1.82, 2.24) is 24.8 Å². The highest BCUT2D eigenvalue weighted by Gasteiger charge is 2.20. The van der Waals surface area contributed by atoms with E-state index in [0.717, 1.165) is 59.5 Å². The van der Waals surface area contributed by atoms with Gasteiger partial charge in [-0.3, -0.25) is 9.97 Å². The number of hydrogen-bond donors (Lipinski definition) is 1. The lowest BCUT2D eigenvalue weighted by Gasteiger charge is -2.33. The minimum atomic E-state index is 0.528. The second-order valence-electron chi connectivity index (χ2n) is 8.27. The fraction of sp³-hybridized carbons (Fsp3) is 0.200. The molecule has 1 saturated heterocycles. The van der Waals surface area contributed by atoms with Crippen molar-refractivity contribution in [3.8, 4) is 11.6 Å². The third-order valence-electron chi connectivity index (χ3n) is 6.06. The Balaban J connectivity index is 1.37. The first-order chi connectivity index (χ1) is 16.2. The Morgan fingerprint density at radius 1 is 0.909 bits per heavy atom. The molecule has 0 aliphatic carbocycles. The summed E-state index contributed by atoms with van der Waals surface area (Å²) in [5.41, 5.74) is 4.32. The number of furan rings is 1. The predicted octanol–water partition coefficient (Wildman–Crippen LogP) is 4.33. The molecule has 0 radical (unpaired) electrons. The lowest BCUT2D eigenvalue weighted by Crippen LogP contribution is -2.44. The summed E-state index contributed by atoms with van der Waals surface area (Å²) in [6.45, 7) is 4.01. The van der Waals surface area contributed by atoms with Crippen LogP contribution in [0.4, 0.5) is 17.1 Å². The molecule has 1 aromatic carbocycles. The van der Waals surface area contributed by atoms with Gasteiger partial charge in [0.05, 0.1) is 47.4 Å². The number of anilines is 3. The number of fused-ring (bicyclic) bond motifs is 2. The molecule has 5 heterocycles. The monoisotopic (exact) mass is 437 g/mol. The summed E-state index contributed by atoms with van der Waals surface area (Å²) in [5.74, 6) is 1.11. The minimum Gasteiger partial charge on any atom is -0.449 e. The van der Waals surface area contributed by atoms with Gasteiger partial charge in [0, 0.05) is 43.1 Å². The number of pyridine rings is 2. The van der Waals surface area contributed by atoms with Crippen LogP contribution in [0.15, 0.2) is 71.8 Å². The quantitative estimate of drug-likeness (QED) is 0.445. The Bertz CT molecular complexity index is 1420. The summed E-state index contributed by atoms with van der Waals surface area (Å²) in [6, 6.07) is 12.0. The molecule has 0 bridgehead atoms. The highest BCUT2D eigenvalue weighted by atomic mass is 16.3. The number of piperazine rings is 1. The number of nitrogens with zero attached hydrogens (tertiary/aromatic N) is 6. The van der Waals surface area contributed by atoms with Crippen LogP contribution in [0.5, 0.6) is 0 Å².